The average molecular weight is 233 g/mol. The molecule has 0 bridgehead atoms. The molecule has 0 aliphatic heterocycles. The van der Waals surface area contributed by atoms with Crippen molar-refractivity contribution < 1.29 is 0 Å². The van der Waals surface area contributed by atoms with Crippen LogP contribution in [0.3, 0.4) is 0 Å². The minimum atomic E-state index is -0.213. The summed E-state index contributed by atoms with van der Waals surface area (Å²) < 4.78 is 0. The molecule has 0 amide bonds. The van der Waals surface area contributed by atoms with Gasteiger partial charge in [-0.15, -0.1) is 0 Å². The maximum atomic E-state index is 9.32. The van der Waals surface area contributed by atoms with Gasteiger partial charge in [-0.3, -0.25) is 0 Å². The molecule has 1 aliphatic rings. The molecule has 2 atom stereocenters. The van der Waals surface area contributed by atoms with E-state index in [1.54, 1.807) is 0 Å². The van der Waals surface area contributed by atoms with Gasteiger partial charge in [0.2, 0.25) is 0 Å². The zero-order chi connectivity index (χ0) is 12.6. The van der Waals surface area contributed by atoms with E-state index in [4.69, 9.17) is 0 Å². The van der Waals surface area contributed by atoms with Crippen molar-refractivity contribution in [1.82, 2.24) is 0 Å². The van der Waals surface area contributed by atoms with E-state index in [0.717, 1.165) is 12.0 Å². The molecule has 0 N–H and O–H groups in total. The predicted molar refractivity (Wildman–Crippen MR) is 73.0 cm³/mol. The van der Waals surface area contributed by atoms with Crippen LogP contribution in [0.4, 0.5) is 0 Å². The van der Waals surface area contributed by atoms with Crippen molar-refractivity contribution in [3.63, 3.8) is 0 Å². The Morgan fingerprint density at radius 1 is 1.00 bits per heavy atom. The zero-order valence-electron chi connectivity index (χ0n) is 10.4. The van der Waals surface area contributed by atoms with Crippen molar-refractivity contribution in [2.45, 2.75) is 18.8 Å². The van der Waals surface area contributed by atoms with Crippen molar-refractivity contribution in [1.29, 1.82) is 5.26 Å². The highest BCUT2D eigenvalue weighted by molar-refractivity contribution is 5.64. The molecule has 0 saturated heterocycles. The van der Waals surface area contributed by atoms with E-state index in [2.05, 4.69) is 49.4 Å². The van der Waals surface area contributed by atoms with Crippen molar-refractivity contribution >= 4 is 0 Å². The van der Waals surface area contributed by atoms with Crippen LogP contribution < -0.4 is 0 Å². The van der Waals surface area contributed by atoms with E-state index >= 15 is 0 Å². The molecular formula is C17H15N. The summed E-state index contributed by atoms with van der Waals surface area (Å²) in [6, 6.07) is 21.3. The molecule has 1 saturated carbocycles. The van der Waals surface area contributed by atoms with E-state index in [1.807, 2.05) is 18.2 Å². The van der Waals surface area contributed by atoms with Crippen LogP contribution in [-0.4, -0.2) is 0 Å². The minimum Gasteiger partial charge on any atom is -0.197 e. The van der Waals surface area contributed by atoms with Crippen LogP contribution in [0.2, 0.25) is 0 Å². The van der Waals surface area contributed by atoms with Gasteiger partial charge in [0.15, 0.2) is 0 Å². The van der Waals surface area contributed by atoms with Gasteiger partial charge in [-0.1, -0.05) is 61.5 Å². The summed E-state index contributed by atoms with van der Waals surface area (Å²) in [6.07, 6.45) is 0.994. The highest BCUT2D eigenvalue weighted by Gasteiger charge is 2.53. The molecule has 3 rings (SSSR count). The Hall–Kier alpha value is -2.07. The molecule has 2 aromatic carbocycles. The Balaban J connectivity index is 1.94. The second-order valence-corrected chi connectivity index (χ2v) is 5.13. The lowest BCUT2D eigenvalue weighted by Crippen LogP contribution is -2.05. The molecule has 1 nitrogen and oxygen atoms in total. The third kappa shape index (κ3) is 1.62. The lowest BCUT2D eigenvalue weighted by atomic mass is 9.93. The van der Waals surface area contributed by atoms with Crippen LogP contribution in [0.5, 0.6) is 0 Å². The Bertz CT molecular complexity index is 592. The molecular weight excluding hydrogens is 218 g/mol. The van der Waals surface area contributed by atoms with E-state index in [9.17, 15) is 5.26 Å². The molecule has 88 valence electrons. The smallest absolute Gasteiger partial charge is 0.0851 e. The number of benzene rings is 2. The number of hydrogen-bond acceptors (Lipinski definition) is 1. The molecule has 0 heterocycles. The Morgan fingerprint density at radius 3 is 2.06 bits per heavy atom. The second-order valence-electron chi connectivity index (χ2n) is 5.13. The quantitative estimate of drug-likeness (QED) is 0.764. The number of rotatable bonds is 2. The topological polar surface area (TPSA) is 23.8 Å². The molecule has 1 aliphatic carbocycles. The molecule has 18 heavy (non-hydrogen) atoms. The summed E-state index contributed by atoms with van der Waals surface area (Å²) in [5, 5.41) is 9.32. The lowest BCUT2D eigenvalue weighted by molar-refractivity contribution is 0.792. The first-order valence-corrected chi connectivity index (χ1v) is 6.33. The van der Waals surface area contributed by atoms with Gasteiger partial charge in [0.1, 0.15) is 0 Å². The van der Waals surface area contributed by atoms with Gasteiger partial charge < -0.3 is 0 Å². The number of hydrogen-bond donors (Lipinski definition) is 0. The molecule has 0 aromatic heterocycles. The SMILES string of the molecule is CC1CC1(C#N)c1ccc(-c2ccccc2)cc1. The largest absolute Gasteiger partial charge is 0.197 e. The summed E-state index contributed by atoms with van der Waals surface area (Å²) in [5.74, 6) is 0.491. The van der Waals surface area contributed by atoms with Crippen LogP contribution in [0.15, 0.2) is 54.6 Å². The van der Waals surface area contributed by atoms with E-state index in [1.165, 1.54) is 11.1 Å². The van der Waals surface area contributed by atoms with Gasteiger partial charge in [0.25, 0.3) is 0 Å². The summed E-state index contributed by atoms with van der Waals surface area (Å²) in [5.41, 5.74) is 3.38. The maximum Gasteiger partial charge on any atom is 0.0851 e. The first-order valence-electron chi connectivity index (χ1n) is 6.33. The van der Waals surface area contributed by atoms with Crippen molar-refractivity contribution in [3.05, 3.63) is 60.2 Å². The lowest BCUT2D eigenvalue weighted by Gasteiger charge is -2.09. The predicted octanol–water partition coefficient (Wildman–Crippen LogP) is 4.15. The summed E-state index contributed by atoms with van der Waals surface area (Å²) in [4.78, 5) is 0. The van der Waals surface area contributed by atoms with Gasteiger partial charge in [-0.2, -0.15) is 5.26 Å². The van der Waals surface area contributed by atoms with Crippen LogP contribution in [0.1, 0.15) is 18.9 Å². The average Bonchev–Trinajstić information content (AvgIpc) is 3.12. The van der Waals surface area contributed by atoms with Crippen molar-refractivity contribution in [2.24, 2.45) is 5.92 Å². The van der Waals surface area contributed by atoms with Crippen LogP contribution in [0, 0.1) is 17.2 Å². The van der Waals surface area contributed by atoms with E-state index in [0.29, 0.717) is 5.92 Å². The third-order valence-electron chi connectivity index (χ3n) is 4.02. The summed E-state index contributed by atoms with van der Waals surface area (Å²) >= 11 is 0. The van der Waals surface area contributed by atoms with Gasteiger partial charge in [-0.25, -0.2) is 0 Å². The number of nitrogens with zero attached hydrogens (tertiary/aromatic N) is 1. The van der Waals surface area contributed by atoms with Crippen molar-refractivity contribution in [3.8, 4) is 17.2 Å². The van der Waals surface area contributed by atoms with Crippen LogP contribution in [-0.2, 0) is 5.41 Å². The molecule has 2 unspecified atom stereocenters. The van der Waals surface area contributed by atoms with Crippen LogP contribution in [0.25, 0.3) is 11.1 Å². The van der Waals surface area contributed by atoms with E-state index in [-0.39, 0.29) is 5.41 Å². The maximum absolute atomic E-state index is 9.32. The Kier molecular flexibility index (Phi) is 2.45. The second kappa shape index (κ2) is 3.99. The van der Waals surface area contributed by atoms with Crippen molar-refractivity contribution in [2.75, 3.05) is 0 Å². The monoisotopic (exact) mass is 233 g/mol. The van der Waals surface area contributed by atoms with Gasteiger partial charge in [0, 0.05) is 0 Å². The number of nitriles is 1. The molecule has 0 spiro atoms. The fourth-order valence-electron chi connectivity index (χ4n) is 2.64. The first kappa shape index (κ1) is 11.0. The third-order valence-corrected chi connectivity index (χ3v) is 4.02. The van der Waals surface area contributed by atoms with Gasteiger partial charge in [-0.05, 0) is 29.0 Å². The summed E-state index contributed by atoms with van der Waals surface area (Å²) in [7, 11) is 0. The van der Waals surface area contributed by atoms with E-state index < -0.39 is 0 Å². The molecule has 1 fully saturated rings. The minimum absolute atomic E-state index is 0.213. The van der Waals surface area contributed by atoms with Gasteiger partial charge in [0.05, 0.1) is 11.5 Å². The molecule has 2 aromatic rings. The zero-order valence-corrected chi connectivity index (χ0v) is 10.4. The molecule has 0 radical (unpaired) electrons. The highest BCUT2D eigenvalue weighted by atomic mass is 14.6. The standard InChI is InChI=1S/C17H15N/c1-13-11-17(13,12-18)16-9-7-15(8-10-16)14-5-3-2-4-6-14/h2-10,13H,11H2,1H3. The first-order chi connectivity index (χ1) is 8.76. The van der Waals surface area contributed by atoms with Crippen LogP contribution >= 0.6 is 0 Å². The highest BCUT2D eigenvalue weighted by Crippen LogP contribution is 2.53. The fourth-order valence-corrected chi connectivity index (χ4v) is 2.64. The Morgan fingerprint density at radius 2 is 1.56 bits per heavy atom. The molecule has 1 heteroatoms. The normalized spacial score (nSPS) is 25.4. The fraction of sp³-hybridized carbons (Fsp3) is 0.235. The summed E-state index contributed by atoms with van der Waals surface area (Å²) in [6.45, 7) is 2.15. The Labute approximate surface area is 108 Å². The van der Waals surface area contributed by atoms with Gasteiger partial charge >= 0.3 is 0 Å².